The Morgan fingerprint density at radius 1 is 1.46 bits per heavy atom. The van der Waals surface area contributed by atoms with Gasteiger partial charge in [0.1, 0.15) is 18.5 Å². The number of hydrogen-bond acceptors (Lipinski definition) is 5. The Morgan fingerprint density at radius 3 is 2.31 bits per heavy atom. The number of nitrogens with zero attached hydrogens (tertiary/aromatic N) is 1. The highest BCUT2D eigenvalue weighted by atomic mass is 16.4. The fourth-order valence-electron chi connectivity index (χ4n) is 0.602. The van der Waals surface area contributed by atoms with Crippen LogP contribution < -0.4 is 11.5 Å². The number of carboxylic acids is 1. The average molecular weight is 189 g/mol. The Bertz CT molecular complexity index is 238. The molecule has 7 heteroatoms. The van der Waals surface area contributed by atoms with Gasteiger partial charge in [0.05, 0.1) is 0 Å². The van der Waals surface area contributed by atoms with Gasteiger partial charge in [-0.1, -0.05) is 0 Å². The van der Waals surface area contributed by atoms with E-state index in [0.717, 1.165) is 0 Å². The monoisotopic (exact) mass is 189 g/mol. The SMILES string of the molecule is NCC(N=C(N)CO)C(=O)C(=O)O. The second-order valence-electron chi connectivity index (χ2n) is 2.20. The molecule has 0 saturated heterocycles. The maximum atomic E-state index is 10.8. The first kappa shape index (κ1) is 11.5. The second-order valence-corrected chi connectivity index (χ2v) is 2.20. The largest absolute Gasteiger partial charge is 0.475 e. The second kappa shape index (κ2) is 5.22. The fraction of sp³-hybridized carbons (Fsp3) is 0.500. The maximum absolute atomic E-state index is 10.8. The highest BCUT2D eigenvalue weighted by molar-refractivity contribution is 6.35. The van der Waals surface area contributed by atoms with Gasteiger partial charge < -0.3 is 21.7 Å². The third-order valence-electron chi connectivity index (χ3n) is 1.22. The van der Waals surface area contributed by atoms with Crippen LogP contribution in [0.5, 0.6) is 0 Å². The van der Waals surface area contributed by atoms with Crippen molar-refractivity contribution in [3.05, 3.63) is 0 Å². The van der Waals surface area contributed by atoms with Gasteiger partial charge in [-0.05, 0) is 0 Å². The number of aliphatic carboxylic acids is 1. The summed E-state index contributed by atoms with van der Waals surface area (Å²) in [5, 5.41) is 16.7. The van der Waals surface area contributed by atoms with E-state index in [4.69, 9.17) is 21.7 Å². The molecule has 0 spiro atoms. The lowest BCUT2D eigenvalue weighted by Crippen LogP contribution is -2.35. The molecule has 0 aromatic carbocycles. The third-order valence-corrected chi connectivity index (χ3v) is 1.22. The summed E-state index contributed by atoms with van der Waals surface area (Å²) in [6, 6.07) is -1.22. The highest BCUT2D eigenvalue weighted by Crippen LogP contribution is 1.91. The summed E-state index contributed by atoms with van der Waals surface area (Å²) < 4.78 is 0. The Morgan fingerprint density at radius 2 is 2.00 bits per heavy atom. The van der Waals surface area contributed by atoms with E-state index >= 15 is 0 Å². The molecule has 0 aliphatic rings. The summed E-state index contributed by atoms with van der Waals surface area (Å²) >= 11 is 0. The number of aliphatic hydroxyl groups is 1. The van der Waals surface area contributed by atoms with Gasteiger partial charge in [-0.2, -0.15) is 0 Å². The Hall–Kier alpha value is -1.47. The van der Waals surface area contributed by atoms with Crippen molar-refractivity contribution in [2.24, 2.45) is 16.5 Å². The lowest BCUT2D eigenvalue weighted by atomic mass is 10.2. The van der Waals surface area contributed by atoms with Crippen molar-refractivity contribution in [3.63, 3.8) is 0 Å². The van der Waals surface area contributed by atoms with Gasteiger partial charge in [-0.25, -0.2) is 4.79 Å². The summed E-state index contributed by atoms with van der Waals surface area (Å²) in [6.07, 6.45) is 0. The number of nitrogens with two attached hydrogens (primary N) is 2. The predicted octanol–water partition coefficient (Wildman–Crippen LogP) is -2.68. The maximum Gasteiger partial charge on any atom is 0.374 e. The van der Waals surface area contributed by atoms with Gasteiger partial charge in [0.2, 0.25) is 0 Å². The summed E-state index contributed by atoms with van der Waals surface area (Å²) in [5.74, 6) is -2.98. The first-order chi connectivity index (χ1) is 6.02. The van der Waals surface area contributed by atoms with E-state index < -0.39 is 24.4 Å². The van der Waals surface area contributed by atoms with Crippen molar-refractivity contribution in [3.8, 4) is 0 Å². The summed E-state index contributed by atoms with van der Waals surface area (Å²) in [5.41, 5.74) is 10.2. The van der Waals surface area contributed by atoms with Gasteiger partial charge in [-0.15, -0.1) is 0 Å². The molecule has 0 radical (unpaired) electrons. The quantitative estimate of drug-likeness (QED) is 0.211. The molecule has 13 heavy (non-hydrogen) atoms. The Labute approximate surface area is 74.1 Å². The molecule has 0 fully saturated rings. The van der Waals surface area contributed by atoms with E-state index in [1.807, 2.05) is 0 Å². The van der Waals surface area contributed by atoms with Crippen LogP contribution in [0, 0.1) is 0 Å². The standard InChI is InChI=1S/C6H11N3O4/c7-1-3(5(11)6(12)13)9-4(8)2-10/h3,10H,1-2,7H2,(H2,8,9)(H,12,13). The zero-order valence-corrected chi connectivity index (χ0v) is 6.80. The molecule has 1 atom stereocenters. The molecular formula is C6H11N3O4. The van der Waals surface area contributed by atoms with E-state index in [-0.39, 0.29) is 12.4 Å². The van der Waals surface area contributed by atoms with Crippen LogP contribution in [0.15, 0.2) is 4.99 Å². The number of amidine groups is 1. The van der Waals surface area contributed by atoms with E-state index in [0.29, 0.717) is 0 Å². The summed E-state index contributed by atoms with van der Waals surface area (Å²) in [6.45, 7) is -0.796. The van der Waals surface area contributed by atoms with E-state index in [2.05, 4.69) is 4.99 Å². The zero-order chi connectivity index (χ0) is 10.4. The third kappa shape index (κ3) is 3.63. The first-order valence-electron chi connectivity index (χ1n) is 3.43. The minimum Gasteiger partial charge on any atom is -0.475 e. The topological polar surface area (TPSA) is 139 Å². The van der Waals surface area contributed by atoms with Crippen molar-refractivity contribution in [2.45, 2.75) is 6.04 Å². The number of carboxylic acid groups (broad SMARTS) is 1. The first-order valence-corrected chi connectivity index (χ1v) is 3.43. The molecule has 0 aliphatic carbocycles. The molecule has 0 rings (SSSR count). The minimum absolute atomic E-state index is 0.218. The van der Waals surface area contributed by atoms with E-state index in [1.54, 1.807) is 0 Å². The van der Waals surface area contributed by atoms with Crippen molar-refractivity contribution < 1.29 is 19.8 Å². The lowest BCUT2D eigenvalue weighted by Gasteiger charge is -2.05. The number of hydrogen-bond donors (Lipinski definition) is 4. The number of ketones is 1. The summed E-state index contributed by atoms with van der Waals surface area (Å²) in [7, 11) is 0. The number of carbonyl (C=O) groups excluding carboxylic acids is 1. The van der Waals surface area contributed by atoms with Crippen LogP contribution in [0.4, 0.5) is 0 Å². The molecule has 1 unspecified atom stereocenters. The molecule has 0 aliphatic heterocycles. The van der Waals surface area contributed by atoms with Gasteiger partial charge in [0, 0.05) is 6.54 Å². The molecular weight excluding hydrogens is 178 g/mol. The van der Waals surface area contributed by atoms with Crippen molar-refractivity contribution in [1.29, 1.82) is 0 Å². The molecule has 74 valence electrons. The lowest BCUT2D eigenvalue weighted by molar-refractivity contribution is -0.149. The van der Waals surface area contributed by atoms with Crippen LogP contribution in [0.2, 0.25) is 0 Å². The normalized spacial score (nSPS) is 13.8. The van der Waals surface area contributed by atoms with Crippen molar-refractivity contribution in [2.75, 3.05) is 13.2 Å². The van der Waals surface area contributed by atoms with Gasteiger partial charge in [0.15, 0.2) is 0 Å². The van der Waals surface area contributed by atoms with Gasteiger partial charge in [0.25, 0.3) is 5.78 Å². The molecule has 6 N–H and O–H groups in total. The predicted molar refractivity (Wildman–Crippen MR) is 44.2 cm³/mol. The number of aliphatic hydroxyl groups excluding tert-OH is 1. The van der Waals surface area contributed by atoms with Crippen molar-refractivity contribution in [1.82, 2.24) is 0 Å². The molecule has 0 bridgehead atoms. The van der Waals surface area contributed by atoms with Crippen LogP contribution in [0.25, 0.3) is 0 Å². The number of aliphatic imine (C=N–C) groups is 1. The average Bonchev–Trinajstić information content (AvgIpc) is 2.12. The van der Waals surface area contributed by atoms with Crippen molar-refractivity contribution >= 4 is 17.6 Å². The van der Waals surface area contributed by atoms with Crippen LogP contribution in [-0.4, -0.2) is 47.0 Å². The van der Waals surface area contributed by atoms with Gasteiger partial charge in [-0.3, -0.25) is 9.79 Å². The summed E-state index contributed by atoms with van der Waals surface area (Å²) in [4.78, 5) is 24.4. The molecule has 0 aromatic heterocycles. The van der Waals surface area contributed by atoms with Crippen LogP contribution in [0.1, 0.15) is 0 Å². The zero-order valence-electron chi connectivity index (χ0n) is 6.80. The molecule has 0 saturated carbocycles. The van der Waals surface area contributed by atoms with Crippen LogP contribution >= 0.6 is 0 Å². The van der Waals surface area contributed by atoms with E-state index in [9.17, 15) is 9.59 Å². The smallest absolute Gasteiger partial charge is 0.374 e. The minimum atomic E-state index is -1.62. The Kier molecular flexibility index (Phi) is 4.63. The molecule has 0 heterocycles. The molecule has 0 aromatic rings. The molecule has 7 nitrogen and oxygen atoms in total. The number of rotatable bonds is 5. The number of Topliss-reactive ketones (excluding diaryl/α,β-unsaturated/α-hetero) is 1. The number of carbonyl (C=O) groups is 2. The van der Waals surface area contributed by atoms with Crippen LogP contribution in [-0.2, 0) is 9.59 Å². The van der Waals surface area contributed by atoms with Crippen LogP contribution in [0.3, 0.4) is 0 Å². The van der Waals surface area contributed by atoms with E-state index in [1.165, 1.54) is 0 Å². The highest BCUT2D eigenvalue weighted by Gasteiger charge is 2.22. The Balaban J connectivity index is 4.52. The fourth-order valence-corrected chi connectivity index (χ4v) is 0.602. The molecule has 0 amide bonds. The van der Waals surface area contributed by atoms with Gasteiger partial charge >= 0.3 is 5.97 Å².